The van der Waals surface area contributed by atoms with Crippen molar-refractivity contribution in [3.05, 3.63) is 84.2 Å². The second kappa shape index (κ2) is 12.5. The lowest BCUT2D eigenvalue weighted by Crippen LogP contribution is -2.55. The van der Waals surface area contributed by atoms with Crippen LogP contribution in [0.1, 0.15) is 31.7 Å². The number of rotatable bonds is 11. The van der Waals surface area contributed by atoms with Crippen LogP contribution >= 0.6 is 0 Å². The quantitative estimate of drug-likeness (QED) is 0.275. The first-order valence-corrected chi connectivity index (χ1v) is 14.2. The Labute approximate surface area is 222 Å². The van der Waals surface area contributed by atoms with Gasteiger partial charge in [0.15, 0.2) is 14.6 Å². The van der Waals surface area contributed by atoms with Gasteiger partial charge >= 0.3 is 0 Å². The topological polar surface area (TPSA) is 90.9 Å². The van der Waals surface area contributed by atoms with Crippen molar-refractivity contribution in [3.63, 3.8) is 0 Å². The fourth-order valence-corrected chi connectivity index (χ4v) is 6.44. The van der Waals surface area contributed by atoms with E-state index >= 15 is 0 Å². The molecule has 0 aromatic heterocycles. The molecule has 0 unspecified atom stereocenters. The number of benzene rings is 3. The first-order valence-electron chi connectivity index (χ1n) is 12.7. The van der Waals surface area contributed by atoms with Crippen molar-refractivity contribution in [1.29, 1.82) is 0 Å². The molecule has 7 nitrogen and oxygen atoms in total. The highest BCUT2D eigenvalue weighted by Crippen LogP contribution is 2.36. The molecule has 1 aliphatic rings. The van der Waals surface area contributed by atoms with Crippen molar-refractivity contribution in [1.82, 2.24) is 5.48 Å². The Morgan fingerprint density at radius 2 is 1.71 bits per heavy atom. The fraction of sp³-hybridized carbons (Fsp3) is 0.345. The van der Waals surface area contributed by atoms with Crippen LogP contribution in [0.15, 0.2) is 77.7 Å². The first-order chi connectivity index (χ1) is 18.4. The highest BCUT2D eigenvalue weighted by atomic mass is 32.2. The van der Waals surface area contributed by atoms with Gasteiger partial charge in [0.25, 0.3) is 5.91 Å². The third-order valence-electron chi connectivity index (χ3n) is 6.65. The van der Waals surface area contributed by atoms with Crippen molar-refractivity contribution >= 4 is 15.7 Å². The van der Waals surface area contributed by atoms with Crippen LogP contribution in [0.4, 0.5) is 4.39 Å². The minimum Gasteiger partial charge on any atom is -0.494 e. The monoisotopic (exact) mass is 541 g/mol. The molecule has 9 heteroatoms. The van der Waals surface area contributed by atoms with Gasteiger partial charge in [-0.25, -0.2) is 18.3 Å². The maximum absolute atomic E-state index is 13.6. The van der Waals surface area contributed by atoms with Gasteiger partial charge in [-0.2, -0.15) is 0 Å². The summed E-state index contributed by atoms with van der Waals surface area (Å²) >= 11 is 0. The van der Waals surface area contributed by atoms with Crippen LogP contribution < -0.4 is 10.2 Å². The van der Waals surface area contributed by atoms with E-state index in [1.165, 1.54) is 24.3 Å². The zero-order chi connectivity index (χ0) is 27.0. The maximum atomic E-state index is 13.6. The van der Waals surface area contributed by atoms with Crippen molar-refractivity contribution in [2.45, 2.75) is 42.2 Å². The van der Waals surface area contributed by atoms with E-state index in [0.29, 0.717) is 12.4 Å². The van der Waals surface area contributed by atoms with Crippen molar-refractivity contribution in [2.24, 2.45) is 0 Å². The highest BCUT2D eigenvalue weighted by molar-refractivity contribution is 7.93. The number of hydroxylamine groups is 1. The average Bonchev–Trinajstić information content (AvgIpc) is 2.95. The number of ether oxygens (including phenoxy) is 2. The molecular weight excluding hydrogens is 509 g/mol. The van der Waals surface area contributed by atoms with Crippen molar-refractivity contribution < 1.29 is 31.9 Å². The number of nitrogens with one attached hydrogen (secondary N) is 1. The molecule has 3 aromatic carbocycles. The number of hydrogen-bond donors (Lipinski definition) is 1. The summed E-state index contributed by atoms with van der Waals surface area (Å²) in [4.78, 5) is 17.9. The molecule has 1 N–H and O–H groups in total. The molecule has 1 heterocycles. The molecule has 0 bridgehead atoms. The van der Waals surface area contributed by atoms with Crippen LogP contribution in [0.25, 0.3) is 11.1 Å². The Morgan fingerprint density at radius 1 is 1.00 bits per heavy atom. The van der Waals surface area contributed by atoms with Gasteiger partial charge < -0.3 is 9.47 Å². The molecular formula is C29H32FNO6S. The predicted octanol–water partition coefficient (Wildman–Crippen LogP) is 4.89. The molecule has 0 saturated carbocycles. The fourth-order valence-electron chi connectivity index (χ4n) is 4.51. The van der Waals surface area contributed by atoms with Gasteiger partial charge in [0, 0.05) is 13.2 Å². The second-order valence-electron chi connectivity index (χ2n) is 9.10. The number of halogens is 1. The van der Waals surface area contributed by atoms with E-state index in [2.05, 4.69) is 11.5 Å². The van der Waals surface area contributed by atoms with Crippen molar-refractivity contribution in [3.8, 4) is 16.9 Å². The molecule has 202 valence electrons. The van der Waals surface area contributed by atoms with Crippen LogP contribution in [0, 0.1) is 5.82 Å². The third-order valence-corrected chi connectivity index (χ3v) is 9.17. The van der Waals surface area contributed by atoms with Gasteiger partial charge in [-0.3, -0.25) is 9.63 Å². The van der Waals surface area contributed by atoms with E-state index in [1.807, 2.05) is 18.2 Å². The Bertz CT molecular complexity index is 1320. The lowest BCUT2D eigenvalue weighted by Gasteiger charge is -2.34. The third kappa shape index (κ3) is 6.23. The summed E-state index contributed by atoms with van der Waals surface area (Å²) in [5, 5.41) is 0. The normalized spacial score (nSPS) is 15.1. The summed E-state index contributed by atoms with van der Waals surface area (Å²) in [5.41, 5.74) is 5.40. The molecule has 0 radical (unpaired) electrons. The van der Waals surface area contributed by atoms with E-state index in [4.69, 9.17) is 14.3 Å². The van der Waals surface area contributed by atoms with Crippen LogP contribution in [-0.2, 0) is 30.6 Å². The maximum Gasteiger partial charge on any atom is 0.265 e. The van der Waals surface area contributed by atoms with Gasteiger partial charge in [0.1, 0.15) is 11.6 Å². The molecule has 0 atom stereocenters. The first kappa shape index (κ1) is 27.8. The van der Waals surface area contributed by atoms with Gasteiger partial charge in [-0.05, 0) is 85.7 Å². The Morgan fingerprint density at radius 3 is 2.39 bits per heavy atom. The standard InChI is InChI=1S/C29H32FNO6S/c1-2-37-31-28(32)29(16-19-35-20-17-29)38(33,34)27-14-12-26(13-15-27)36-18-4-6-22-5-3-7-24(21-22)23-8-10-25(30)11-9-23/h3,5,7-15,21H,2,4,6,16-20H2,1H3,(H,31,32). The van der Waals surface area contributed by atoms with Crippen LogP contribution in [0.3, 0.4) is 0 Å². The molecule has 1 saturated heterocycles. The van der Waals surface area contributed by atoms with Crippen LogP contribution in [-0.4, -0.2) is 45.5 Å². The van der Waals surface area contributed by atoms with Crippen molar-refractivity contribution in [2.75, 3.05) is 26.4 Å². The predicted molar refractivity (Wildman–Crippen MR) is 142 cm³/mol. The van der Waals surface area contributed by atoms with Crippen LogP contribution in [0.5, 0.6) is 5.75 Å². The molecule has 4 rings (SSSR count). The van der Waals surface area contributed by atoms with E-state index in [-0.39, 0.29) is 43.4 Å². The zero-order valence-electron chi connectivity index (χ0n) is 21.3. The minimum absolute atomic E-state index is 0.0504. The van der Waals surface area contributed by atoms with E-state index in [0.717, 1.165) is 29.5 Å². The van der Waals surface area contributed by atoms with Crippen LogP contribution in [0.2, 0.25) is 0 Å². The lowest BCUT2D eigenvalue weighted by atomic mass is 9.98. The summed E-state index contributed by atoms with van der Waals surface area (Å²) < 4.78 is 49.9. The number of carbonyl (C=O) groups excluding carboxylic acids is 1. The summed E-state index contributed by atoms with van der Waals surface area (Å²) in [6.45, 7) is 2.73. The summed E-state index contributed by atoms with van der Waals surface area (Å²) in [7, 11) is -4.01. The number of sulfone groups is 1. The Kier molecular flexibility index (Phi) is 9.14. The van der Waals surface area contributed by atoms with Gasteiger partial charge in [-0.1, -0.05) is 36.4 Å². The molecule has 3 aromatic rings. The van der Waals surface area contributed by atoms with Gasteiger partial charge in [0.2, 0.25) is 0 Å². The number of amides is 1. The number of aryl methyl sites for hydroxylation is 1. The second-order valence-corrected chi connectivity index (χ2v) is 11.4. The minimum atomic E-state index is -4.01. The van der Waals surface area contributed by atoms with E-state index in [1.54, 1.807) is 31.2 Å². The van der Waals surface area contributed by atoms with E-state index in [9.17, 15) is 17.6 Å². The number of carbonyl (C=O) groups is 1. The molecule has 1 amide bonds. The summed E-state index contributed by atoms with van der Waals surface area (Å²) in [6, 6.07) is 20.7. The molecule has 38 heavy (non-hydrogen) atoms. The Balaban J connectivity index is 1.36. The van der Waals surface area contributed by atoms with Gasteiger partial charge in [0.05, 0.1) is 18.1 Å². The zero-order valence-corrected chi connectivity index (χ0v) is 22.1. The smallest absolute Gasteiger partial charge is 0.265 e. The lowest BCUT2D eigenvalue weighted by molar-refractivity contribution is -0.138. The Hall–Kier alpha value is -3.27. The molecule has 0 aliphatic carbocycles. The van der Waals surface area contributed by atoms with E-state index < -0.39 is 20.5 Å². The summed E-state index contributed by atoms with van der Waals surface area (Å²) in [6.07, 6.45) is 1.65. The molecule has 1 fully saturated rings. The van der Waals surface area contributed by atoms with Gasteiger partial charge in [-0.15, -0.1) is 0 Å². The average molecular weight is 542 g/mol. The number of hydrogen-bond acceptors (Lipinski definition) is 6. The highest BCUT2D eigenvalue weighted by Gasteiger charge is 2.52. The SMILES string of the molecule is CCONC(=O)C1(S(=O)(=O)c2ccc(OCCCc3cccc(-c4ccc(F)cc4)c3)cc2)CCOCC1. The summed E-state index contributed by atoms with van der Waals surface area (Å²) in [5.74, 6) is -0.391. The molecule has 0 spiro atoms. The largest absolute Gasteiger partial charge is 0.494 e. The molecule has 1 aliphatic heterocycles.